The first kappa shape index (κ1) is 7.60. The Morgan fingerprint density at radius 2 is 2.36 bits per heavy atom. The van der Waals surface area contributed by atoms with E-state index < -0.39 is 5.97 Å². The van der Waals surface area contributed by atoms with Crippen LogP contribution < -0.4 is 0 Å². The first-order chi connectivity index (χ1) is 5.13. The third-order valence-corrected chi connectivity index (χ3v) is 1.39. The standard InChI is InChI=1S/C8H8O3/c1-5-3-4-11-7(5)6(2)8(9)10/h3-4H,2H2,1H3,(H,9,10). The van der Waals surface area contributed by atoms with Gasteiger partial charge in [0.15, 0.2) is 0 Å². The second-order valence-corrected chi connectivity index (χ2v) is 2.22. The summed E-state index contributed by atoms with van der Waals surface area (Å²) in [6.07, 6.45) is 1.44. The molecule has 0 aliphatic rings. The fourth-order valence-electron chi connectivity index (χ4n) is 0.779. The number of carboxylic acids is 1. The van der Waals surface area contributed by atoms with Gasteiger partial charge in [-0.05, 0) is 18.6 Å². The number of hydrogen-bond acceptors (Lipinski definition) is 2. The smallest absolute Gasteiger partial charge is 0.338 e. The van der Waals surface area contributed by atoms with Crippen molar-refractivity contribution < 1.29 is 14.3 Å². The lowest BCUT2D eigenvalue weighted by atomic mass is 10.2. The zero-order valence-electron chi connectivity index (χ0n) is 6.13. The first-order valence-electron chi connectivity index (χ1n) is 3.09. The molecule has 0 saturated heterocycles. The van der Waals surface area contributed by atoms with Gasteiger partial charge in [0.25, 0.3) is 0 Å². The molecule has 0 radical (unpaired) electrons. The lowest BCUT2D eigenvalue weighted by Gasteiger charge is -1.95. The molecule has 0 amide bonds. The number of furan rings is 1. The molecule has 1 aromatic heterocycles. The molecule has 0 spiro atoms. The molecule has 0 aliphatic carbocycles. The van der Waals surface area contributed by atoms with Gasteiger partial charge in [0.1, 0.15) is 5.76 Å². The van der Waals surface area contributed by atoms with Crippen LogP contribution in [-0.2, 0) is 4.79 Å². The van der Waals surface area contributed by atoms with Crippen LogP contribution in [0.2, 0.25) is 0 Å². The minimum atomic E-state index is -1.05. The molecule has 1 heterocycles. The van der Waals surface area contributed by atoms with Gasteiger partial charge in [-0.3, -0.25) is 0 Å². The van der Waals surface area contributed by atoms with Crippen LogP contribution in [0.3, 0.4) is 0 Å². The van der Waals surface area contributed by atoms with Gasteiger partial charge in [-0.25, -0.2) is 4.79 Å². The largest absolute Gasteiger partial charge is 0.478 e. The Labute approximate surface area is 64.0 Å². The zero-order chi connectivity index (χ0) is 8.43. The molecule has 0 aliphatic heterocycles. The fraction of sp³-hybridized carbons (Fsp3) is 0.125. The minimum absolute atomic E-state index is 0.00694. The summed E-state index contributed by atoms with van der Waals surface area (Å²) in [7, 11) is 0. The summed E-state index contributed by atoms with van der Waals surface area (Å²) in [5, 5.41) is 8.52. The molecule has 1 rings (SSSR count). The number of aliphatic carboxylic acids is 1. The van der Waals surface area contributed by atoms with Crippen LogP contribution in [0, 0.1) is 6.92 Å². The molecular formula is C8H8O3. The second-order valence-electron chi connectivity index (χ2n) is 2.22. The number of rotatable bonds is 2. The normalized spacial score (nSPS) is 9.55. The van der Waals surface area contributed by atoms with Crippen molar-refractivity contribution in [2.75, 3.05) is 0 Å². The number of hydrogen-bond donors (Lipinski definition) is 1. The maximum Gasteiger partial charge on any atom is 0.338 e. The molecule has 0 unspecified atom stereocenters. The molecule has 58 valence electrons. The van der Waals surface area contributed by atoms with E-state index in [-0.39, 0.29) is 5.57 Å². The van der Waals surface area contributed by atoms with Gasteiger partial charge in [0, 0.05) is 0 Å². The Bertz CT molecular complexity index is 296. The molecule has 0 fully saturated rings. The van der Waals surface area contributed by atoms with E-state index in [4.69, 9.17) is 9.52 Å². The molecule has 1 N–H and O–H groups in total. The number of aryl methyl sites for hydroxylation is 1. The second kappa shape index (κ2) is 2.62. The predicted molar refractivity (Wildman–Crippen MR) is 40.1 cm³/mol. The first-order valence-corrected chi connectivity index (χ1v) is 3.09. The third kappa shape index (κ3) is 1.32. The van der Waals surface area contributed by atoms with Crippen LogP contribution in [0.1, 0.15) is 11.3 Å². The molecule has 0 atom stereocenters. The fourth-order valence-corrected chi connectivity index (χ4v) is 0.779. The van der Waals surface area contributed by atoms with Gasteiger partial charge in [0.05, 0.1) is 11.8 Å². The topological polar surface area (TPSA) is 50.4 Å². The molecule has 3 heteroatoms. The van der Waals surface area contributed by atoms with E-state index in [0.717, 1.165) is 5.56 Å². The van der Waals surface area contributed by atoms with Crippen molar-refractivity contribution in [3.05, 3.63) is 30.2 Å². The Kier molecular flexibility index (Phi) is 1.81. The van der Waals surface area contributed by atoms with Crippen molar-refractivity contribution in [3.8, 4) is 0 Å². The van der Waals surface area contributed by atoms with Crippen LogP contribution in [0.25, 0.3) is 5.57 Å². The molecule has 0 aromatic carbocycles. The van der Waals surface area contributed by atoms with E-state index in [1.807, 2.05) is 0 Å². The number of carbonyl (C=O) groups is 1. The summed E-state index contributed by atoms with van der Waals surface area (Å²) >= 11 is 0. The SMILES string of the molecule is C=C(C(=O)O)c1occc1C. The van der Waals surface area contributed by atoms with Crippen LogP contribution in [0.4, 0.5) is 0 Å². The van der Waals surface area contributed by atoms with Crippen molar-refractivity contribution >= 4 is 11.5 Å². The highest BCUT2D eigenvalue weighted by molar-refractivity contribution is 6.13. The average Bonchev–Trinajstić information content (AvgIpc) is 2.33. The van der Waals surface area contributed by atoms with Gasteiger partial charge in [-0.1, -0.05) is 6.58 Å². The zero-order valence-corrected chi connectivity index (χ0v) is 6.13. The van der Waals surface area contributed by atoms with Gasteiger partial charge in [-0.15, -0.1) is 0 Å². The molecular weight excluding hydrogens is 144 g/mol. The Morgan fingerprint density at radius 1 is 1.73 bits per heavy atom. The highest BCUT2D eigenvalue weighted by Crippen LogP contribution is 2.17. The van der Waals surface area contributed by atoms with E-state index in [1.165, 1.54) is 6.26 Å². The van der Waals surface area contributed by atoms with Crippen molar-refractivity contribution in [1.82, 2.24) is 0 Å². The van der Waals surface area contributed by atoms with Crippen LogP contribution in [0.15, 0.2) is 23.3 Å². The lowest BCUT2D eigenvalue weighted by Crippen LogP contribution is -1.97. The lowest BCUT2D eigenvalue weighted by molar-refractivity contribution is -0.130. The molecule has 3 nitrogen and oxygen atoms in total. The van der Waals surface area contributed by atoms with Crippen molar-refractivity contribution in [2.45, 2.75) is 6.92 Å². The number of carboxylic acid groups (broad SMARTS) is 1. The molecule has 0 saturated carbocycles. The van der Waals surface area contributed by atoms with Crippen LogP contribution >= 0.6 is 0 Å². The van der Waals surface area contributed by atoms with Crippen molar-refractivity contribution in [2.24, 2.45) is 0 Å². The highest BCUT2D eigenvalue weighted by Gasteiger charge is 2.12. The highest BCUT2D eigenvalue weighted by atomic mass is 16.4. The monoisotopic (exact) mass is 152 g/mol. The van der Waals surface area contributed by atoms with E-state index in [1.54, 1.807) is 13.0 Å². The van der Waals surface area contributed by atoms with Crippen LogP contribution in [0.5, 0.6) is 0 Å². The molecule has 0 bridgehead atoms. The van der Waals surface area contributed by atoms with Gasteiger partial charge < -0.3 is 9.52 Å². The third-order valence-electron chi connectivity index (χ3n) is 1.39. The average molecular weight is 152 g/mol. The van der Waals surface area contributed by atoms with E-state index >= 15 is 0 Å². The van der Waals surface area contributed by atoms with Crippen molar-refractivity contribution in [1.29, 1.82) is 0 Å². The quantitative estimate of drug-likeness (QED) is 0.656. The summed E-state index contributed by atoms with van der Waals surface area (Å²) in [5.74, 6) is -0.708. The van der Waals surface area contributed by atoms with Gasteiger partial charge >= 0.3 is 5.97 Å². The van der Waals surface area contributed by atoms with E-state index in [9.17, 15) is 4.79 Å². The summed E-state index contributed by atoms with van der Waals surface area (Å²) < 4.78 is 4.91. The molecule has 11 heavy (non-hydrogen) atoms. The summed E-state index contributed by atoms with van der Waals surface area (Å²) in [4.78, 5) is 10.4. The summed E-state index contributed by atoms with van der Waals surface area (Å²) in [6, 6.07) is 1.70. The van der Waals surface area contributed by atoms with E-state index in [0.29, 0.717) is 5.76 Å². The van der Waals surface area contributed by atoms with Crippen molar-refractivity contribution in [3.63, 3.8) is 0 Å². The summed E-state index contributed by atoms with van der Waals surface area (Å²) in [5.41, 5.74) is 0.782. The van der Waals surface area contributed by atoms with Crippen LogP contribution in [-0.4, -0.2) is 11.1 Å². The minimum Gasteiger partial charge on any atom is -0.478 e. The van der Waals surface area contributed by atoms with Gasteiger partial charge in [0.2, 0.25) is 0 Å². The maximum absolute atomic E-state index is 10.4. The predicted octanol–water partition coefficient (Wildman–Crippen LogP) is 1.69. The van der Waals surface area contributed by atoms with Gasteiger partial charge in [-0.2, -0.15) is 0 Å². The Hall–Kier alpha value is -1.51. The molecule has 1 aromatic rings. The Balaban J connectivity index is 3.02. The van der Waals surface area contributed by atoms with E-state index in [2.05, 4.69) is 6.58 Å². The maximum atomic E-state index is 10.4. The Morgan fingerprint density at radius 3 is 2.73 bits per heavy atom. The summed E-state index contributed by atoms with van der Waals surface area (Å²) in [6.45, 7) is 5.14.